The Labute approximate surface area is 153 Å². The Bertz CT molecular complexity index is 903. The van der Waals surface area contributed by atoms with Crippen molar-refractivity contribution < 1.29 is 4.74 Å². The Morgan fingerprint density at radius 1 is 1.19 bits per heavy atom. The fourth-order valence-electron chi connectivity index (χ4n) is 3.53. The van der Waals surface area contributed by atoms with Gasteiger partial charge in [-0.3, -0.25) is 0 Å². The summed E-state index contributed by atoms with van der Waals surface area (Å²) in [7, 11) is 0. The fraction of sp³-hybridized carbons (Fsp3) is 0.300. The third-order valence-electron chi connectivity index (χ3n) is 4.73. The molecule has 6 heteroatoms. The summed E-state index contributed by atoms with van der Waals surface area (Å²) in [6.07, 6.45) is 0.868. The van der Waals surface area contributed by atoms with Gasteiger partial charge in [-0.2, -0.15) is 4.98 Å². The number of nitrogens with two attached hydrogens (primary N) is 1. The third-order valence-corrected chi connectivity index (χ3v) is 4.73. The Hall–Kier alpha value is -3.02. The van der Waals surface area contributed by atoms with Crippen LogP contribution in [0.4, 0.5) is 11.9 Å². The summed E-state index contributed by atoms with van der Waals surface area (Å²) in [5.41, 5.74) is 9.51. The monoisotopic (exact) mass is 349 g/mol. The van der Waals surface area contributed by atoms with E-state index in [4.69, 9.17) is 10.5 Å². The van der Waals surface area contributed by atoms with E-state index in [1.165, 1.54) is 16.7 Å². The lowest BCUT2D eigenvalue weighted by Crippen LogP contribution is -2.28. The Morgan fingerprint density at radius 3 is 2.73 bits per heavy atom. The lowest BCUT2D eigenvalue weighted by molar-refractivity contribution is 0.340. The van der Waals surface area contributed by atoms with E-state index in [1.807, 2.05) is 23.7 Å². The first-order valence-corrected chi connectivity index (χ1v) is 8.92. The van der Waals surface area contributed by atoms with Crippen molar-refractivity contribution in [1.82, 2.24) is 14.8 Å². The molecule has 1 aliphatic heterocycles. The lowest BCUT2D eigenvalue weighted by atomic mass is 9.92. The van der Waals surface area contributed by atoms with Gasteiger partial charge in [0.05, 0.1) is 18.7 Å². The summed E-state index contributed by atoms with van der Waals surface area (Å²) in [5.74, 6) is 1.88. The molecule has 1 aromatic heterocycles. The number of fused-ring (bicyclic) bond motifs is 1. The zero-order chi connectivity index (χ0) is 18.1. The fourth-order valence-corrected chi connectivity index (χ4v) is 3.53. The second-order valence-corrected chi connectivity index (χ2v) is 6.60. The molecule has 6 nitrogen and oxygen atoms in total. The van der Waals surface area contributed by atoms with Crippen LogP contribution >= 0.6 is 0 Å². The van der Waals surface area contributed by atoms with E-state index >= 15 is 0 Å². The number of rotatable bonds is 4. The van der Waals surface area contributed by atoms with Crippen molar-refractivity contribution in [3.8, 4) is 5.75 Å². The first-order chi connectivity index (χ1) is 12.6. The number of hydrogen-bond acceptors (Lipinski definition) is 5. The van der Waals surface area contributed by atoms with E-state index in [0.29, 0.717) is 12.6 Å². The first kappa shape index (κ1) is 16.4. The van der Waals surface area contributed by atoms with Gasteiger partial charge in [-0.25, -0.2) is 4.68 Å². The molecule has 0 spiro atoms. The summed E-state index contributed by atoms with van der Waals surface area (Å²) >= 11 is 0. The number of hydrogen-bond donors (Lipinski definition) is 2. The van der Waals surface area contributed by atoms with E-state index < -0.39 is 0 Å². The molecule has 0 bridgehead atoms. The molecule has 2 heterocycles. The number of anilines is 2. The molecule has 0 unspecified atom stereocenters. The molecule has 0 saturated heterocycles. The van der Waals surface area contributed by atoms with Gasteiger partial charge in [-0.05, 0) is 43.5 Å². The molecule has 3 aromatic rings. The van der Waals surface area contributed by atoms with Gasteiger partial charge in [0, 0.05) is 0 Å². The van der Waals surface area contributed by atoms with Crippen molar-refractivity contribution in [2.45, 2.75) is 32.4 Å². The maximum Gasteiger partial charge on any atom is 0.241 e. The standard InChI is InChI=1S/C20H23N5O/c1-3-26-16-9-7-14(8-10-16)17-12-18(15-6-4-5-13(2)11-15)25-20(22-17)23-19(21)24-25/h4-11,17-18H,3,12H2,1-2H3,(H3,21,22,23,24)/t17-,18-/m0/s1. The van der Waals surface area contributed by atoms with Gasteiger partial charge in [-0.15, -0.1) is 5.10 Å². The van der Waals surface area contributed by atoms with Crippen LogP contribution in [-0.4, -0.2) is 21.4 Å². The van der Waals surface area contributed by atoms with Crippen molar-refractivity contribution in [2.24, 2.45) is 0 Å². The quantitative estimate of drug-likeness (QED) is 0.751. The summed E-state index contributed by atoms with van der Waals surface area (Å²) in [6.45, 7) is 4.75. The van der Waals surface area contributed by atoms with Crippen molar-refractivity contribution in [1.29, 1.82) is 0 Å². The number of aromatic nitrogens is 3. The Balaban J connectivity index is 1.69. The third kappa shape index (κ3) is 3.10. The maximum absolute atomic E-state index is 5.87. The van der Waals surface area contributed by atoms with Crippen molar-refractivity contribution in [3.05, 3.63) is 65.2 Å². The zero-order valence-corrected chi connectivity index (χ0v) is 15.0. The molecule has 0 fully saturated rings. The highest BCUT2D eigenvalue weighted by molar-refractivity contribution is 5.43. The molecule has 1 aliphatic rings. The summed E-state index contributed by atoms with van der Waals surface area (Å²) in [5, 5.41) is 7.87. The van der Waals surface area contributed by atoms with Gasteiger partial charge in [0.1, 0.15) is 5.75 Å². The number of nitrogens with zero attached hydrogens (tertiary/aromatic N) is 3. The van der Waals surface area contributed by atoms with Gasteiger partial charge in [0.25, 0.3) is 0 Å². The molecule has 0 aliphatic carbocycles. The van der Waals surface area contributed by atoms with Crippen LogP contribution in [0.5, 0.6) is 5.75 Å². The second-order valence-electron chi connectivity index (χ2n) is 6.60. The minimum absolute atomic E-state index is 0.0903. The van der Waals surface area contributed by atoms with Gasteiger partial charge in [0.2, 0.25) is 11.9 Å². The number of aryl methyl sites for hydroxylation is 1. The normalized spacial score (nSPS) is 18.8. The van der Waals surface area contributed by atoms with Gasteiger partial charge in [0.15, 0.2) is 0 Å². The van der Waals surface area contributed by atoms with E-state index in [1.54, 1.807) is 0 Å². The smallest absolute Gasteiger partial charge is 0.241 e. The Morgan fingerprint density at radius 2 is 2.00 bits per heavy atom. The van der Waals surface area contributed by atoms with Crippen LogP contribution in [0.3, 0.4) is 0 Å². The number of nitrogens with one attached hydrogen (secondary N) is 1. The predicted octanol–water partition coefficient (Wildman–Crippen LogP) is 3.71. The average Bonchev–Trinajstić information content (AvgIpc) is 3.02. The number of nitrogen functional groups attached to an aromatic ring is 1. The molecule has 26 heavy (non-hydrogen) atoms. The zero-order valence-electron chi connectivity index (χ0n) is 15.0. The van der Waals surface area contributed by atoms with Crippen LogP contribution in [0.2, 0.25) is 0 Å². The van der Waals surface area contributed by atoms with Gasteiger partial charge in [-0.1, -0.05) is 42.0 Å². The van der Waals surface area contributed by atoms with Crippen LogP contribution in [0, 0.1) is 6.92 Å². The maximum atomic E-state index is 5.87. The SMILES string of the molecule is CCOc1ccc([C@@H]2C[C@@H](c3cccc(C)c3)n3nc(N)nc3N2)cc1. The second kappa shape index (κ2) is 6.71. The van der Waals surface area contributed by atoms with Crippen LogP contribution in [-0.2, 0) is 0 Å². The van der Waals surface area contributed by atoms with Crippen LogP contribution in [0.25, 0.3) is 0 Å². The van der Waals surface area contributed by atoms with E-state index in [-0.39, 0.29) is 18.0 Å². The predicted molar refractivity (Wildman–Crippen MR) is 102 cm³/mol. The van der Waals surface area contributed by atoms with E-state index in [9.17, 15) is 0 Å². The molecule has 4 rings (SSSR count). The summed E-state index contributed by atoms with van der Waals surface area (Å²) < 4.78 is 7.45. The Kier molecular flexibility index (Phi) is 4.24. The lowest BCUT2D eigenvalue weighted by Gasteiger charge is -2.32. The molecular weight excluding hydrogens is 326 g/mol. The minimum atomic E-state index is 0.0903. The molecular formula is C20H23N5O. The molecule has 0 radical (unpaired) electrons. The molecule has 3 N–H and O–H groups in total. The van der Waals surface area contributed by atoms with Gasteiger partial charge >= 0.3 is 0 Å². The number of benzene rings is 2. The first-order valence-electron chi connectivity index (χ1n) is 8.92. The van der Waals surface area contributed by atoms with Crippen molar-refractivity contribution >= 4 is 11.9 Å². The largest absolute Gasteiger partial charge is 0.494 e. The summed E-state index contributed by atoms with van der Waals surface area (Å²) in [6, 6.07) is 17.0. The van der Waals surface area contributed by atoms with E-state index in [0.717, 1.165) is 12.2 Å². The highest BCUT2D eigenvalue weighted by Gasteiger charge is 2.30. The van der Waals surface area contributed by atoms with Crippen LogP contribution < -0.4 is 15.8 Å². The number of ether oxygens (including phenoxy) is 1. The molecule has 134 valence electrons. The molecule has 0 saturated carbocycles. The minimum Gasteiger partial charge on any atom is -0.494 e. The van der Waals surface area contributed by atoms with Crippen molar-refractivity contribution in [3.63, 3.8) is 0 Å². The van der Waals surface area contributed by atoms with E-state index in [2.05, 4.69) is 58.7 Å². The highest BCUT2D eigenvalue weighted by Crippen LogP contribution is 2.38. The summed E-state index contributed by atoms with van der Waals surface area (Å²) in [4.78, 5) is 4.37. The molecule has 2 atom stereocenters. The van der Waals surface area contributed by atoms with Gasteiger partial charge < -0.3 is 15.8 Å². The van der Waals surface area contributed by atoms with Crippen LogP contribution in [0.15, 0.2) is 48.5 Å². The highest BCUT2D eigenvalue weighted by atomic mass is 16.5. The molecule has 0 amide bonds. The van der Waals surface area contributed by atoms with Crippen LogP contribution in [0.1, 0.15) is 42.1 Å². The topological polar surface area (TPSA) is 78.0 Å². The molecule has 2 aromatic carbocycles. The average molecular weight is 349 g/mol. The van der Waals surface area contributed by atoms with Crippen molar-refractivity contribution in [2.75, 3.05) is 17.7 Å².